The Bertz CT molecular complexity index is 968. The van der Waals surface area contributed by atoms with E-state index >= 15 is 0 Å². The number of benzene rings is 3. The molecule has 0 spiro atoms. The number of sulfone groups is 1. The van der Waals surface area contributed by atoms with Gasteiger partial charge in [0.05, 0.1) is 22.0 Å². The zero-order chi connectivity index (χ0) is 15.9. The van der Waals surface area contributed by atoms with Gasteiger partial charge in [0.1, 0.15) is 4.90 Å². The highest BCUT2D eigenvalue weighted by molar-refractivity contribution is 7.91. The van der Waals surface area contributed by atoms with Crippen LogP contribution in [0, 0.1) is 0 Å². The van der Waals surface area contributed by atoms with Gasteiger partial charge in [-0.2, -0.15) is 0 Å². The molecule has 112 valence electrons. The standard InChI is InChI=1S/C16H15N3O2S/c17-13-11-8-4-5-9-12(11)14(18)16(15(13)19)22(20,21)10-6-2-1-3-7-10/h1-9H,17-19H2. The molecule has 0 radical (unpaired) electrons. The zero-order valence-electron chi connectivity index (χ0n) is 11.7. The van der Waals surface area contributed by atoms with Crippen molar-refractivity contribution in [2.45, 2.75) is 9.79 Å². The molecule has 0 aliphatic carbocycles. The van der Waals surface area contributed by atoms with Crippen LogP contribution >= 0.6 is 0 Å². The third kappa shape index (κ3) is 1.96. The zero-order valence-corrected chi connectivity index (χ0v) is 12.5. The summed E-state index contributed by atoms with van der Waals surface area (Å²) in [6.07, 6.45) is 0. The van der Waals surface area contributed by atoms with Crippen molar-refractivity contribution < 1.29 is 8.42 Å². The van der Waals surface area contributed by atoms with Crippen molar-refractivity contribution in [3.8, 4) is 0 Å². The fourth-order valence-corrected chi connectivity index (χ4v) is 4.04. The van der Waals surface area contributed by atoms with Gasteiger partial charge in [0, 0.05) is 10.8 Å². The van der Waals surface area contributed by atoms with Gasteiger partial charge in [0.15, 0.2) is 0 Å². The SMILES string of the molecule is Nc1c(S(=O)(=O)c2ccccc2)c(N)c2ccccc2c1N. The largest absolute Gasteiger partial charge is 0.397 e. The van der Waals surface area contributed by atoms with Gasteiger partial charge in [0.25, 0.3) is 0 Å². The molecule has 0 bridgehead atoms. The van der Waals surface area contributed by atoms with E-state index < -0.39 is 9.84 Å². The van der Waals surface area contributed by atoms with E-state index in [0.29, 0.717) is 10.8 Å². The number of nitrogen functional groups attached to an aromatic ring is 3. The van der Waals surface area contributed by atoms with Gasteiger partial charge in [-0.3, -0.25) is 0 Å². The smallest absolute Gasteiger partial charge is 0.210 e. The molecule has 0 saturated carbocycles. The highest BCUT2D eigenvalue weighted by Crippen LogP contribution is 2.41. The number of rotatable bonds is 2. The van der Waals surface area contributed by atoms with Gasteiger partial charge in [0.2, 0.25) is 9.84 Å². The first-order chi connectivity index (χ1) is 10.4. The van der Waals surface area contributed by atoms with Gasteiger partial charge in [-0.25, -0.2) is 8.42 Å². The van der Waals surface area contributed by atoms with Crippen LogP contribution in [-0.4, -0.2) is 8.42 Å². The number of nitrogens with two attached hydrogens (primary N) is 3. The van der Waals surface area contributed by atoms with E-state index in [-0.39, 0.29) is 26.9 Å². The fourth-order valence-electron chi connectivity index (χ4n) is 2.49. The van der Waals surface area contributed by atoms with E-state index in [4.69, 9.17) is 17.2 Å². The van der Waals surface area contributed by atoms with E-state index in [1.54, 1.807) is 42.5 Å². The summed E-state index contributed by atoms with van der Waals surface area (Å²) in [5, 5.41) is 1.22. The Balaban J connectivity index is 2.42. The number of hydrogen-bond acceptors (Lipinski definition) is 5. The molecule has 0 aliphatic heterocycles. The third-order valence-electron chi connectivity index (χ3n) is 3.61. The van der Waals surface area contributed by atoms with Gasteiger partial charge >= 0.3 is 0 Å². The fraction of sp³-hybridized carbons (Fsp3) is 0. The Morgan fingerprint density at radius 2 is 1.14 bits per heavy atom. The summed E-state index contributed by atoms with van der Waals surface area (Å²) in [6, 6.07) is 15.1. The number of anilines is 3. The second kappa shape index (κ2) is 4.92. The van der Waals surface area contributed by atoms with E-state index in [0.717, 1.165) is 0 Å². The van der Waals surface area contributed by atoms with Crippen LogP contribution in [0.2, 0.25) is 0 Å². The van der Waals surface area contributed by atoms with E-state index in [9.17, 15) is 8.42 Å². The molecule has 3 aromatic rings. The summed E-state index contributed by atoms with van der Waals surface area (Å²) >= 11 is 0. The van der Waals surface area contributed by atoms with E-state index in [1.807, 2.05) is 0 Å². The van der Waals surface area contributed by atoms with Crippen LogP contribution in [0.15, 0.2) is 64.4 Å². The average molecular weight is 313 g/mol. The van der Waals surface area contributed by atoms with Crippen LogP contribution in [0.25, 0.3) is 10.8 Å². The molecule has 0 aromatic heterocycles. The maximum atomic E-state index is 12.9. The molecule has 0 fully saturated rings. The lowest BCUT2D eigenvalue weighted by molar-refractivity contribution is 0.597. The molecule has 0 aliphatic rings. The summed E-state index contributed by atoms with van der Waals surface area (Å²) in [4.78, 5) is -0.00187. The average Bonchev–Trinajstić information content (AvgIpc) is 2.53. The van der Waals surface area contributed by atoms with Crippen LogP contribution in [-0.2, 0) is 9.84 Å². The van der Waals surface area contributed by atoms with Gasteiger partial charge in [-0.1, -0.05) is 42.5 Å². The van der Waals surface area contributed by atoms with Crippen molar-refractivity contribution in [3.63, 3.8) is 0 Å². The van der Waals surface area contributed by atoms with Crippen LogP contribution in [0.4, 0.5) is 17.1 Å². The molecule has 3 aromatic carbocycles. The van der Waals surface area contributed by atoms with Gasteiger partial charge < -0.3 is 17.2 Å². The first-order valence-electron chi connectivity index (χ1n) is 6.60. The Morgan fingerprint density at radius 1 is 0.636 bits per heavy atom. The minimum absolute atomic E-state index is 0.0138. The summed E-state index contributed by atoms with van der Waals surface area (Å²) < 4.78 is 25.7. The van der Waals surface area contributed by atoms with Crippen molar-refractivity contribution in [3.05, 3.63) is 54.6 Å². The highest BCUT2D eigenvalue weighted by Gasteiger charge is 2.26. The molecular formula is C16H15N3O2S. The normalized spacial score (nSPS) is 11.6. The predicted octanol–water partition coefficient (Wildman–Crippen LogP) is 2.42. The molecule has 0 saturated heterocycles. The summed E-state index contributed by atoms with van der Waals surface area (Å²) in [7, 11) is -3.84. The highest BCUT2D eigenvalue weighted by atomic mass is 32.2. The lowest BCUT2D eigenvalue weighted by Gasteiger charge is -2.16. The second-order valence-electron chi connectivity index (χ2n) is 4.93. The Labute approximate surface area is 128 Å². The predicted molar refractivity (Wildman–Crippen MR) is 89.1 cm³/mol. The summed E-state index contributed by atoms with van der Waals surface area (Å²) in [5.41, 5.74) is 18.4. The van der Waals surface area contributed by atoms with Gasteiger partial charge in [-0.05, 0) is 12.1 Å². The topological polar surface area (TPSA) is 112 Å². The van der Waals surface area contributed by atoms with Crippen molar-refractivity contribution in [2.24, 2.45) is 0 Å². The van der Waals surface area contributed by atoms with Gasteiger partial charge in [-0.15, -0.1) is 0 Å². The van der Waals surface area contributed by atoms with E-state index in [1.165, 1.54) is 12.1 Å². The van der Waals surface area contributed by atoms with Crippen LogP contribution in [0.5, 0.6) is 0 Å². The Kier molecular flexibility index (Phi) is 3.18. The van der Waals surface area contributed by atoms with Crippen LogP contribution < -0.4 is 17.2 Å². The Morgan fingerprint density at radius 3 is 1.73 bits per heavy atom. The molecule has 22 heavy (non-hydrogen) atoms. The van der Waals surface area contributed by atoms with E-state index in [2.05, 4.69) is 0 Å². The lowest BCUT2D eigenvalue weighted by Crippen LogP contribution is -2.11. The minimum Gasteiger partial charge on any atom is -0.397 e. The monoisotopic (exact) mass is 313 g/mol. The maximum Gasteiger partial charge on any atom is 0.210 e. The maximum absolute atomic E-state index is 12.9. The van der Waals surface area contributed by atoms with Crippen molar-refractivity contribution in [1.82, 2.24) is 0 Å². The van der Waals surface area contributed by atoms with Crippen molar-refractivity contribution in [2.75, 3.05) is 17.2 Å². The molecule has 0 unspecified atom stereocenters. The third-order valence-corrected chi connectivity index (χ3v) is 5.48. The molecule has 6 heteroatoms. The number of fused-ring (bicyclic) bond motifs is 1. The van der Waals surface area contributed by atoms with Crippen LogP contribution in [0.3, 0.4) is 0 Å². The molecule has 0 amide bonds. The quantitative estimate of drug-likeness (QED) is 0.629. The molecule has 3 rings (SSSR count). The molecule has 6 N–H and O–H groups in total. The first-order valence-corrected chi connectivity index (χ1v) is 8.08. The molecule has 0 atom stereocenters. The van der Waals surface area contributed by atoms with Crippen molar-refractivity contribution in [1.29, 1.82) is 0 Å². The molecule has 0 heterocycles. The van der Waals surface area contributed by atoms with Crippen molar-refractivity contribution >= 4 is 37.7 Å². The minimum atomic E-state index is -3.84. The molecular weight excluding hydrogens is 298 g/mol. The summed E-state index contributed by atoms with van der Waals surface area (Å²) in [6.45, 7) is 0. The Hall–Kier alpha value is -2.73. The first kappa shape index (κ1) is 14.2. The second-order valence-corrected chi connectivity index (χ2v) is 6.82. The summed E-state index contributed by atoms with van der Waals surface area (Å²) in [5.74, 6) is 0. The lowest BCUT2D eigenvalue weighted by atomic mass is 10.1. The molecule has 5 nitrogen and oxygen atoms in total. The number of hydrogen-bond donors (Lipinski definition) is 3. The van der Waals surface area contributed by atoms with Crippen LogP contribution in [0.1, 0.15) is 0 Å².